The van der Waals surface area contributed by atoms with E-state index in [0.29, 0.717) is 25.9 Å². The highest BCUT2D eigenvalue weighted by atomic mass is 35.5. The van der Waals surface area contributed by atoms with Crippen molar-refractivity contribution >= 4 is 28.1 Å². The Morgan fingerprint density at radius 2 is 1.81 bits per heavy atom. The first-order valence-electron chi connectivity index (χ1n) is 9.72. The van der Waals surface area contributed by atoms with Gasteiger partial charge in [-0.3, -0.25) is 15.0 Å². The van der Waals surface area contributed by atoms with Crippen molar-refractivity contribution in [2.75, 3.05) is 19.6 Å². The summed E-state index contributed by atoms with van der Waals surface area (Å²) in [5.74, 6) is 0. The van der Waals surface area contributed by atoms with Crippen molar-refractivity contribution in [3.8, 4) is 0 Å². The van der Waals surface area contributed by atoms with Crippen LogP contribution >= 0.6 is 12.4 Å². The number of nitro groups is 1. The molecule has 0 bridgehead atoms. The molecule has 0 unspecified atom stereocenters. The molecule has 1 N–H and O–H groups in total. The van der Waals surface area contributed by atoms with E-state index < -0.39 is 31.6 Å². The molecule has 2 aromatic carbocycles. The largest absolute Gasteiger partial charge is 0.417 e. The fourth-order valence-corrected chi connectivity index (χ4v) is 4.89. The first-order chi connectivity index (χ1) is 14.6. The van der Waals surface area contributed by atoms with Gasteiger partial charge in [-0.05, 0) is 49.1 Å². The van der Waals surface area contributed by atoms with Gasteiger partial charge in [0.1, 0.15) is 0 Å². The van der Waals surface area contributed by atoms with E-state index in [4.69, 9.17) is 0 Å². The van der Waals surface area contributed by atoms with Crippen LogP contribution in [0.4, 0.5) is 18.9 Å². The second-order valence-corrected chi connectivity index (χ2v) is 9.07. The van der Waals surface area contributed by atoms with Crippen LogP contribution < -0.4 is 4.72 Å². The SMILES string of the molecule is Cl.O=[N+]([O-])c1ccc2c(c1)CN(CCCCNS(=O)(=O)c1ccccc1C(F)(F)F)CC2. The normalized spacial score (nSPS) is 14.5. The van der Waals surface area contributed by atoms with Gasteiger partial charge in [0.05, 0.1) is 15.4 Å². The maximum atomic E-state index is 13.1. The lowest BCUT2D eigenvalue weighted by molar-refractivity contribution is -0.385. The van der Waals surface area contributed by atoms with Gasteiger partial charge in [0, 0.05) is 31.8 Å². The summed E-state index contributed by atoms with van der Waals surface area (Å²) in [5.41, 5.74) is 0.848. The molecule has 0 saturated heterocycles. The Balaban J connectivity index is 0.00000363. The summed E-state index contributed by atoms with van der Waals surface area (Å²) in [7, 11) is -4.28. The van der Waals surface area contributed by atoms with Crippen LogP contribution in [0.2, 0.25) is 0 Å². The van der Waals surface area contributed by atoms with E-state index >= 15 is 0 Å². The number of nitrogens with zero attached hydrogens (tertiary/aromatic N) is 2. The topological polar surface area (TPSA) is 92.6 Å². The molecule has 176 valence electrons. The van der Waals surface area contributed by atoms with Crippen molar-refractivity contribution in [2.24, 2.45) is 0 Å². The smallest absolute Gasteiger partial charge is 0.299 e. The zero-order chi connectivity index (χ0) is 22.6. The van der Waals surface area contributed by atoms with Crippen LogP contribution in [0.3, 0.4) is 0 Å². The average molecular weight is 494 g/mol. The van der Waals surface area contributed by atoms with Gasteiger partial charge < -0.3 is 0 Å². The summed E-state index contributed by atoms with van der Waals surface area (Å²) in [5, 5.41) is 10.9. The molecule has 0 fully saturated rings. The quantitative estimate of drug-likeness (QED) is 0.339. The monoisotopic (exact) mass is 493 g/mol. The van der Waals surface area contributed by atoms with Crippen molar-refractivity contribution in [2.45, 2.75) is 36.9 Å². The van der Waals surface area contributed by atoms with Crippen LogP contribution in [0.5, 0.6) is 0 Å². The van der Waals surface area contributed by atoms with Gasteiger partial charge in [0.15, 0.2) is 0 Å². The number of hydrogen-bond donors (Lipinski definition) is 1. The van der Waals surface area contributed by atoms with Crippen LogP contribution in [0.15, 0.2) is 47.4 Å². The standard InChI is InChI=1S/C20H22F3N3O4S.ClH/c21-20(22,23)18-5-1-2-6-19(18)31(29,30)24-10-3-4-11-25-12-9-15-7-8-17(26(27)28)13-16(15)14-25;/h1-2,5-8,13,24H,3-4,9-12,14H2;1H. The fraction of sp³-hybridized carbons (Fsp3) is 0.400. The first-order valence-corrected chi connectivity index (χ1v) is 11.2. The number of fused-ring (bicyclic) bond motifs is 1. The Morgan fingerprint density at radius 1 is 1.09 bits per heavy atom. The third-order valence-corrected chi connectivity index (χ3v) is 6.69. The Bertz CT molecular complexity index is 1060. The second kappa shape index (κ2) is 10.6. The Morgan fingerprint density at radius 3 is 2.50 bits per heavy atom. The molecule has 1 aliphatic heterocycles. The zero-order valence-corrected chi connectivity index (χ0v) is 18.6. The molecule has 0 aromatic heterocycles. The average Bonchev–Trinajstić information content (AvgIpc) is 2.72. The number of nitro benzene ring substituents is 1. The lowest BCUT2D eigenvalue weighted by Gasteiger charge is -2.28. The van der Waals surface area contributed by atoms with Crippen LogP contribution in [0, 0.1) is 10.1 Å². The molecule has 32 heavy (non-hydrogen) atoms. The van der Waals surface area contributed by atoms with Gasteiger partial charge in [0.2, 0.25) is 10.0 Å². The number of non-ortho nitro benzene ring substituents is 1. The number of rotatable bonds is 8. The van der Waals surface area contributed by atoms with Gasteiger partial charge in [-0.15, -0.1) is 12.4 Å². The van der Waals surface area contributed by atoms with Crippen molar-refractivity contribution in [1.82, 2.24) is 9.62 Å². The van der Waals surface area contributed by atoms with Crippen molar-refractivity contribution in [1.29, 1.82) is 0 Å². The summed E-state index contributed by atoms with van der Waals surface area (Å²) in [6.45, 7) is 2.03. The third kappa shape index (κ3) is 6.41. The third-order valence-electron chi connectivity index (χ3n) is 5.17. The van der Waals surface area contributed by atoms with E-state index in [-0.39, 0.29) is 24.6 Å². The van der Waals surface area contributed by atoms with Crippen LogP contribution in [-0.2, 0) is 29.2 Å². The van der Waals surface area contributed by atoms with Gasteiger partial charge in [-0.1, -0.05) is 18.2 Å². The summed E-state index contributed by atoms with van der Waals surface area (Å²) in [4.78, 5) is 11.9. The molecule has 2 aromatic rings. The fourth-order valence-electron chi connectivity index (χ4n) is 3.59. The number of benzene rings is 2. The van der Waals surface area contributed by atoms with Crippen LogP contribution in [0.1, 0.15) is 29.5 Å². The van der Waals surface area contributed by atoms with Gasteiger partial charge in [-0.25, -0.2) is 13.1 Å². The van der Waals surface area contributed by atoms with Crippen molar-refractivity contribution in [3.05, 3.63) is 69.3 Å². The number of nitrogens with one attached hydrogen (secondary N) is 1. The van der Waals surface area contributed by atoms with Crippen molar-refractivity contribution in [3.63, 3.8) is 0 Å². The number of halogens is 4. The number of sulfonamides is 1. The highest BCUT2D eigenvalue weighted by Gasteiger charge is 2.36. The van der Waals surface area contributed by atoms with Gasteiger partial charge in [0.25, 0.3) is 5.69 Å². The summed E-state index contributed by atoms with van der Waals surface area (Å²) in [6.07, 6.45) is -2.90. The molecular weight excluding hydrogens is 471 g/mol. The number of unbranched alkanes of at least 4 members (excludes halogenated alkanes) is 1. The number of hydrogen-bond acceptors (Lipinski definition) is 5. The van der Waals surface area contributed by atoms with E-state index in [0.717, 1.165) is 42.3 Å². The minimum absolute atomic E-state index is 0. The van der Waals surface area contributed by atoms with E-state index in [9.17, 15) is 31.7 Å². The van der Waals surface area contributed by atoms with E-state index in [1.807, 2.05) is 0 Å². The molecule has 12 heteroatoms. The predicted octanol–water partition coefficient (Wildman–Crippen LogP) is 4.15. The highest BCUT2D eigenvalue weighted by Crippen LogP contribution is 2.33. The minimum Gasteiger partial charge on any atom is -0.299 e. The molecule has 7 nitrogen and oxygen atoms in total. The van der Waals surface area contributed by atoms with Gasteiger partial charge >= 0.3 is 6.18 Å². The lowest BCUT2D eigenvalue weighted by Crippen LogP contribution is -2.32. The molecule has 1 aliphatic rings. The molecule has 1 heterocycles. The lowest BCUT2D eigenvalue weighted by atomic mass is 9.99. The van der Waals surface area contributed by atoms with Gasteiger partial charge in [-0.2, -0.15) is 13.2 Å². The summed E-state index contributed by atoms with van der Waals surface area (Å²) < 4.78 is 66.1. The second-order valence-electron chi connectivity index (χ2n) is 7.34. The molecule has 0 aliphatic carbocycles. The molecule has 0 saturated carbocycles. The zero-order valence-electron chi connectivity index (χ0n) is 17.0. The summed E-state index contributed by atoms with van der Waals surface area (Å²) in [6, 6.07) is 8.93. The minimum atomic E-state index is -4.76. The van der Waals surface area contributed by atoms with E-state index in [2.05, 4.69) is 9.62 Å². The van der Waals surface area contributed by atoms with Crippen LogP contribution in [0.25, 0.3) is 0 Å². The Labute approximate surface area is 190 Å². The summed E-state index contributed by atoms with van der Waals surface area (Å²) >= 11 is 0. The van der Waals surface area contributed by atoms with Crippen LogP contribution in [-0.4, -0.2) is 37.9 Å². The molecule has 0 spiro atoms. The number of alkyl halides is 3. The molecular formula is C20H23ClF3N3O4S. The Kier molecular flexibility index (Phi) is 8.63. The van der Waals surface area contributed by atoms with Crippen molar-refractivity contribution < 1.29 is 26.5 Å². The molecule has 0 radical (unpaired) electrons. The Hall–Kier alpha value is -2.21. The maximum Gasteiger partial charge on any atom is 0.417 e. The van der Waals surface area contributed by atoms with E-state index in [1.165, 1.54) is 12.1 Å². The highest BCUT2D eigenvalue weighted by molar-refractivity contribution is 7.89. The first kappa shape index (κ1) is 26.0. The van der Waals surface area contributed by atoms with E-state index in [1.54, 1.807) is 12.1 Å². The maximum absolute atomic E-state index is 13.1. The molecule has 0 amide bonds. The predicted molar refractivity (Wildman–Crippen MR) is 115 cm³/mol. The molecule has 3 rings (SSSR count). The molecule has 0 atom stereocenters.